The van der Waals surface area contributed by atoms with E-state index in [1.807, 2.05) is 54.7 Å². The van der Waals surface area contributed by atoms with Gasteiger partial charge in [-0.2, -0.15) is 5.26 Å². The zero-order valence-corrected chi connectivity index (χ0v) is 23.6. The number of hydrogen-bond donors (Lipinski definition) is 2. The molecule has 1 aromatic heterocycles. The third-order valence-electron chi connectivity index (χ3n) is 9.51. The molecule has 0 bridgehead atoms. The number of nitriles is 1. The molecule has 0 radical (unpaired) electrons. The van der Waals surface area contributed by atoms with E-state index in [0.29, 0.717) is 50.2 Å². The third-order valence-corrected chi connectivity index (χ3v) is 9.51. The standard InChI is InChI=1S/C31H34N6O5/c1-41-21-10-7-19(8-11-21)25-17-37(35-34-25)14-13-31(23-5-3-4-6-24(23)33-30(31)40)27-15-22-20(16-36(27)18-32)9-12-26(38)28(22)29(39)42-2/h3-8,10-11,17,20,22,26-28,38H,9,12-16H2,1-2H3,(H,33,40)/t20-,22-,26-,27-,28+,31-/m0/s1. The molecule has 3 heterocycles. The van der Waals surface area contributed by atoms with Crippen LogP contribution in [0.3, 0.4) is 0 Å². The zero-order chi connectivity index (χ0) is 29.4. The number of nitrogens with one attached hydrogen (secondary N) is 1. The number of aromatic nitrogens is 3. The minimum absolute atomic E-state index is 0.0347. The lowest BCUT2D eigenvalue weighted by molar-refractivity contribution is -0.160. The number of para-hydroxylation sites is 1. The highest BCUT2D eigenvalue weighted by molar-refractivity contribution is 6.07. The summed E-state index contributed by atoms with van der Waals surface area (Å²) in [5.41, 5.74) is 2.03. The number of ether oxygens (including phenoxy) is 2. The molecular weight excluding hydrogens is 536 g/mol. The van der Waals surface area contributed by atoms with Crippen molar-refractivity contribution in [3.63, 3.8) is 0 Å². The van der Waals surface area contributed by atoms with Gasteiger partial charge in [0.1, 0.15) is 11.4 Å². The number of amides is 1. The number of benzene rings is 2. The molecule has 42 heavy (non-hydrogen) atoms. The topological polar surface area (TPSA) is 143 Å². The Kier molecular flexibility index (Phi) is 7.33. The molecule has 2 aromatic carbocycles. The van der Waals surface area contributed by atoms with Crippen molar-refractivity contribution in [2.45, 2.75) is 49.8 Å². The first-order chi connectivity index (χ1) is 20.4. The number of hydrogen-bond acceptors (Lipinski definition) is 9. The number of anilines is 1. The fraction of sp³-hybridized carbons (Fsp3) is 0.452. The summed E-state index contributed by atoms with van der Waals surface area (Å²) in [5, 5.41) is 33.0. The van der Waals surface area contributed by atoms with Crippen molar-refractivity contribution in [2.24, 2.45) is 17.8 Å². The SMILES string of the molecule is COC(=O)[C@@H]1[C@H]2C[C@@H]([C@@]3(CCn4cc(-c5ccc(OC)cc5)nn4)C(=O)Nc4ccccc43)N(C#N)C[C@@H]2CC[C@@H]1O. The highest BCUT2D eigenvalue weighted by Gasteiger charge is 2.58. The van der Waals surface area contributed by atoms with Crippen LogP contribution in [0.1, 0.15) is 31.2 Å². The number of aliphatic hydroxyl groups is 1. The van der Waals surface area contributed by atoms with Gasteiger partial charge in [-0.15, -0.1) is 5.10 Å². The Morgan fingerprint density at radius 2 is 1.98 bits per heavy atom. The van der Waals surface area contributed by atoms with E-state index in [1.165, 1.54) is 7.11 Å². The van der Waals surface area contributed by atoms with E-state index >= 15 is 0 Å². The molecule has 0 unspecified atom stereocenters. The normalized spacial score (nSPS) is 28.3. The molecule has 6 rings (SSSR count). The first-order valence-corrected chi connectivity index (χ1v) is 14.3. The van der Waals surface area contributed by atoms with Crippen LogP contribution >= 0.6 is 0 Å². The lowest BCUT2D eigenvalue weighted by Gasteiger charge is -2.52. The summed E-state index contributed by atoms with van der Waals surface area (Å²) < 4.78 is 12.1. The van der Waals surface area contributed by atoms with E-state index in [1.54, 1.807) is 16.7 Å². The molecule has 3 aliphatic rings. The average Bonchev–Trinajstić information content (AvgIpc) is 3.61. The maximum atomic E-state index is 14.1. The maximum Gasteiger partial charge on any atom is 0.311 e. The van der Waals surface area contributed by atoms with Gasteiger partial charge in [-0.3, -0.25) is 14.3 Å². The molecule has 3 aromatic rings. The van der Waals surface area contributed by atoms with E-state index in [-0.39, 0.29) is 17.7 Å². The van der Waals surface area contributed by atoms with Gasteiger partial charge in [0, 0.05) is 24.3 Å². The second kappa shape index (κ2) is 11.1. The Balaban J connectivity index is 1.35. The molecule has 0 spiro atoms. The number of carbonyl (C=O) groups is 2. The van der Waals surface area contributed by atoms with Gasteiger partial charge in [-0.25, -0.2) is 0 Å². The first kappa shape index (κ1) is 27.7. The molecule has 6 atom stereocenters. The van der Waals surface area contributed by atoms with Gasteiger partial charge >= 0.3 is 5.97 Å². The molecule has 1 aliphatic carbocycles. The zero-order valence-electron chi connectivity index (χ0n) is 23.6. The predicted octanol–water partition coefficient (Wildman–Crippen LogP) is 2.97. The lowest BCUT2D eigenvalue weighted by Crippen LogP contribution is -2.61. The Bertz CT molecular complexity index is 1520. The molecule has 2 aliphatic heterocycles. The fourth-order valence-electron chi connectivity index (χ4n) is 7.41. The van der Waals surface area contributed by atoms with Crippen molar-refractivity contribution in [3.8, 4) is 23.2 Å². The van der Waals surface area contributed by atoms with Gasteiger partial charge in [-0.05, 0) is 73.4 Å². The minimum Gasteiger partial charge on any atom is -0.497 e. The van der Waals surface area contributed by atoms with Crippen LogP contribution in [-0.2, 0) is 26.3 Å². The van der Waals surface area contributed by atoms with Crippen LogP contribution in [0.2, 0.25) is 0 Å². The fourth-order valence-corrected chi connectivity index (χ4v) is 7.41. The Labute approximate surface area is 244 Å². The summed E-state index contributed by atoms with van der Waals surface area (Å²) >= 11 is 0. The first-order valence-electron chi connectivity index (χ1n) is 14.3. The average molecular weight is 571 g/mol. The number of methoxy groups -OCH3 is 2. The summed E-state index contributed by atoms with van der Waals surface area (Å²) in [6.45, 7) is 0.784. The molecule has 2 fully saturated rings. The van der Waals surface area contributed by atoms with E-state index in [2.05, 4.69) is 21.8 Å². The second-order valence-electron chi connectivity index (χ2n) is 11.4. The molecule has 218 valence electrons. The maximum absolute atomic E-state index is 14.1. The van der Waals surface area contributed by atoms with E-state index in [4.69, 9.17) is 9.47 Å². The summed E-state index contributed by atoms with van der Waals surface area (Å²) in [6, 6.07) is 14.6. The smallest absolute Gasteiger partial charge is 0.311 e. The molecular formula is C31H34N6O5. The van der Waals surface area contributed by atoms with E-state index in [9.17, 15) is 20.0 Å². The van der Waals surface area contributed by atoms with Crippen molar-refractivity contribution < 1.29 is 24.2 Å². The van der Waals surface area contributed by atoms with Gasteiger partial charge in [0.2, 0.25) is 5.91 Å². The van der Waals surface area contributed by atoms with Gasteiger partial charge in [0.25, 0.3) is 0 Å². The van der Waals surface area contributed by atoms with Crippen LogP contribution < -0.4 is 10.1 Å². The van der Waals surface area contributed by atoms with Crippen LogP contribution in [-0.4, -0.2) is 69.8 Å². The van der Waals surface area contributed by atoms with E-state index in [0.717, 1.165) is 16.9 Å². The predicted molar refractivity (Wildman–Crippen MR) is 152 cm³/mol. The van der Waals surface area contributed by atoms with Crippen molar-refractivity contribution in [1.82, 2.24) is 19.9 Å². The molecule has 2 N–H and O–H groups in total. The number of likely N-dealkylation sites (tertiary alicyclic amines) is 1. The lowest BCUT2D eigenvalue weighted by atomic mass is 9.60. The highest BCUT2D eigenvalue weighted by Crippen LogP contribution is 2.51. The number of fused-ring (bicyclic) bond motifs is 2. The van der Waals surface area contributed by atoms with Crippen LogP contribution in [0.4, 0.5) is 5.69 Å². The number of aryl methyl sites for hydroxylation is 1. The number of nitrogens with zero attached hydrogens (tertiary/aromatic N) is 5. The molecule has 1 saturated carbocycles. The number of aliphatic hydroxyl groups excluding tert-OH is 1. The Morgan fingerprint density at radius 1 is 1.19 bits per heavy atom. The second-order valence-corrected chi connectivity index (χ2v) is 11.4. The summed E-state index contributed by atoms with van der Waals surface area (Å²) in [4.78, 5) is 28.6. The molecule has 11 heteroatoms. The Morgan fingerprint density at radius 3 is 2.71 bits per heavy atom. The number of esters is 1. The van der Waals surface area contributed by atoms with Gasteiger partial charge in [-0.1, -0.05) is 23.4 Å². The molecule has 1 amide bonds. The largest absolute Gasteiger partial charge is 0.497 e. The highest BCUT2D eigenvalue weighted by atomic mass is 16.5. The monoisotopic (exact) mass is 570 g/mol. The summed E-state index contributed by atoms with van der Waals surface area (Å²) in [7, 11) is 2.95. The summed E-state index contributed by atoms with van der Waals surface area (Å²) in [5.74, 6) is -0.769. The Hall–Kier alpha value is -4.43. The van der Waals surface area contributed by atoms with Crippen molar-refractivity contribution in [2.75, 3.05) is 26.1 Å². The molecule has 1 saturated heterocycles. The number of rotatable bonds is 7. The summed E-state index contributed by atoms with van der Waals surface area (Å²) in [6.07, 6.45) is 5.32. The van der Waals surface area contributed by atoms with Gasteiger partial charge in [0.05, 0.1) is 43.9 Å². The minimum atomic E-state index is -1.09. The molecule has 11 nitrogen and oxygen atoms in total. The van der Waals surface area contributed by atoms with Crippen LogP contribution in [0.25, 0.3) is 11.3 Å². The van der Waals surface area contributed by atoms with Gasteiger partial charge in [0.15, 0.2) is 6.19 Å². The van der Waals surface area contributed by atoms with Crippen LogP contribution in [0, 0.1) is 29.2 Å². The number of carbonyl (C=O) groups excluding carboxylic acids is 2. The van der Waals surface area contributed by atoms with Crippen molar-refractivity contribution >= 4 is 17.6 Å². The van der Waals surface area contributed by atoms with Crippen LogP contribution in [0.5, 0.6) is 5.75 Å². The van der Waals surface area contributed by atoms with E-state index < -0.39 is 29.4 Å². The van der Waals surface area contributed by atoms with Gasteiger partial charge < -0.3 is 24.8 Å². The quantitative estimate of drug-likeness (QED) is 0.324. The van der Waals surface area contributed by atoms with Crippen molar-refractivity contribution in [1.29, 1.82) is 5.26 Å². The third kappa shape index (κ3) is 4.56. The van der Waals surface area contributed by atoms with Crippen molar-refractivity contribution in [3.05, 3.63) is 60.3 Å². The van der Waals surface area contributed by atoms with Crippen LogP contribution in [0.15, 0.2) is 54.7 Å². The number of piperidine rings is 1.